The molecular weight excluding hydrogens is 700 g/mol. The number of rotatable bonds is 7. The summed E-state index contributed by atoms with van der Waals surface area (Å²) in [6.07, 6.45) is 1.45. The van der Waals surface area contributed by atoms with Gasteiger partial charge in [-0.15, -0.1) is 0 Å². The van der Waals surface area contributed by atoms with Gasteiger partial charge in [-0.3, -0.25) is 4.79 Å². The van der Waals surface area contributed by atoms with Gasteiger partial charge in [0, 0.05) is 35.6 Å². The maximum atomic E-state index is 13.3. The molecule has 5 rings (SSSR count). The highest BCUT2D eigenvalue weighted by molar-refractivity contribution is 14.1. The predicted molar refractivity (Wildman–Crippen MR) is 171 cm³/mol. The molecule has 0 aliphatic heterocycles. The zero-order valence-electron chi connectivity index (χ0n) is 21.2. The molecule has 1 aromatic heterocycles. The van der Waals surface area contributed by atoms with Gasteiger partial charge in [0.05, 0.1) is 23.9 Å². The lowest BCUT2D eigenvalue weighted by molar-refractivity contribution is 0.0729. The van der Waals surface area contributed by atoms with Gasteiger partial charge in [-0.2, -0.15) is 5.10 Å². The van der Waals surface area contributed by atoms with Crippen LogP contribution in [0, 0.1) is 3.57 Å². The smallest absolute Gasteiger partial charge is 0.345 e. The van der Waals surface area contributed by atoms with Gasteiger partial charge in [-0.25, -0.2) is 10.2 Å². The molecule has 41 heavy (non-hydrogen) atoms. The Bertz CT molecular complexity index is 1840. The molecule has 0 aliphatic rings. The lowest BCUT2D eigenvalue weighted by Crippen LogP contribution is -2.19. The Kier molecular flexibility index (Phi) is 8.84. The van der Waals surface area contributed by atoms with Gasteiger partial charge < -0.3 is 14.5 Å². The number of aromatic amines is 1. The maximum absolute atomic E-state index is 13.3. The SMILES string of the molecule is COc1cc(C=NNC(=O)c2[nH]c3ccc(I)cc3c2-c2ccccc2Cl)ccc1OC(=O)c1ccc(Cl)cc1Cl. The fourth-order valence-electron chi connectivity index (χ4n) is 4.16. The molecule has 206 valence electrons. The first-order valence-corrected chi connectivity index (χ1v) is 14.2. The first-order chi connectivity index (χ1) is 19.7. The number of H-pyrrole nitrogens is 1. The van der Waals surface area contributed by atoms with Crippen molar-refractivity contribution in [3.63, 3.8) is 0 Å². The summed E-state index contributed by atoms with van der Waals surface area (Å²) in [7, 11) is 1.44. The Balaban J connectivity index is 1.36. The number of halogens is 4. The van der Waals surface area contributed by atoms with Crippen LogP contribution in [0.1, 0.15) is 26.4 Å². The number of fused-ring (bicyclic) bond motifs is 1. The summed E-state index contributed by atoms with van der Waals surface area (Å²) in [4.78, 5) is 29.1. The van der Waals surface area contributed by atoms with Crippen molar-refractivity contribution in [1.82, 2.24) is 10.4 Å². The van der Waals surface area contributed by atoms with Crippen molar-refractivity contribution in [2.45, 2.75) is 0 Å². The summed E-state index contributed by atoms with van der Waals surface area (Å²) in [6, 6.07) is 22.5. The second-order valence-corrected chi connectivity index (χ2v) is 11.2. The molecule has 0 aliphatic carbocycles. The fraction of sp³-hybridized carbons (Fsp3) is 0.0333. The maximum Gasteiger partial charge on any atom is 0.345 e. The Morgan fingerprint density at radius 1 is 0.927 bits per heavy atom. The van der Waals surface area contributed by atoms with Crippen molar-refractivity contribution in [2.75, 3.05) is 7.11 Å². The molecule has 2 N–H and O–H groups in total. The van der Waals surface area contributed by atoms with Crippen LogP contribution in [0.5, 0.6) is 11.5 Å². The van der Waals surface area contributed by atoms with Gasteiger partial charge in [0.25, 0.3) is 5.91 Å². The average Bonchev–Trinajstić information content (AvgIpc) is 3.32. The number of nitrogens with one attached hydrogen (secondary N) is 2. The van der Waals surface area contributed by atoms with E-state index in [-0.39, 0.29) is 22.1 Å². The van der Waals surface area contributed by atoms with Crippen LogP contribution in [0.15, 0.2) is 84.0 Å². The van der Waals surface area contributed by atoms with Crippen LogP contribution in [0.3, 0.4) is 0 Å². The number of nitrogens with zero attached hydrogens (tertiary/aromatic N) is 1. The number of carbonyl (C=O) groups excluding carboxylic acids is 2. The van der Waals surface area contributed by atoms with E-state index in [9.17, 15) is 9.59 Å². The summed E-state index contributed by atoms with van der Waals surface area (Å²) in [6.45, 7) is 0. The van der Waals surface area contributed by atoms with E-state index in [0.717, 1.165) is 20.0 Å². The van der Waals surface area contributed by atoms with Crippen molar-refractivity contribution in [1.29, 1.82) is 0 Å². The second-order valence-electron chi connectivity index (χ2n) is 8.67. The average molecular weight is 719 g/mol. The third kappa shape index (κ3) is 6.36. The molecule has 11 heteroatoms. The quantitative estimate of drug-likeness (QED) is 0.0582. The summed E-state index contributed by atoms with van der Waals surface area (Å²) < 4.78 is 11.9. The number of aromatic nitrogens is 1. The largest absolute Gasteiger partial charge is 0.493 e. The number of hydrogen-bond acceptors (Lipinski definition) is 5. The molecule has 0 saturated heterocycles. The minimum absolute atomic E-state index is 0.161. The zero-order valence-corrected chi connectivity index (χ0v) is 25.6. The van der Waals surface area contributed by atoms with Gasteiger partial charge in [-0.1, -0.05) is 53.0 Å². The van der Waals surface area contributed by atoms with E-state index in [4.69, 9.17) is 44.3 Å². The van der Waals surface area contributed by atoms with Crippen LogP contribution in [0.25, 0.3) is 22.0 Å². The van der Waals surface area contributed by atoms with Gasteiger partial charge in [0.2, 0.25) is 0 Å². The van der Waals surface area contributed by atoms with E-state index < -0.39 is 11.9 Å². The van der Waals surface area contributed by atoms with Gasteiger partial charge in [0.15, 0.2) is 11.5 Å². The predicted octanol–water partition coefficient (Wildman–Crippen LogP) is 8.39. The Labute approximate surface area is 263 Å². The number of hydrogen-bond donors (Lipinski definition) is 2. The van der Waals surface area contributed by atoms with Gasteiger partial charge >= 0.3 is 5.97 Å². The third-order valence-electron chi connectivity index (χ3n) is 6.05. The highest BCUT2D eigenvalue weighted by Gasteiger charge is 2.21. The van der Waals surface area contributed by atoms with E-state index in [0.29, 0.717) is 26.9 Å². The highest BCUT2D eigenvalue weighted by Crippen LogP contribution is 2.37. The van der Waals surface area contributed by atoms with Gasteiger partial charge in [0.1, 0.15) is 5.69 Å². The fourth-order valence-corrected chi connectivity index (χ4v) is 5.37. The number of esters is 1. The molecule has 4 aromatic carbocycles. The number of benzene rings is 4. The topological polar surface area (TPSA) is 92.8 Å². The normalized spacial score (nSPS) is 11.1. The molecule has 1 heterocycles. The minimum Gasteiger partial charge on any atom is -0.493 e. The minimum atomic E-state index is -0.666. The van der Waals surface area contributed by atoms with Gasteiger partial charge in [-0.05, 0) is 88.8 Å². The van der Waals surface area contributed by atoms with Crippen molar-refractivity contribution >= 4 is 86.4 Å². The molecule has 0 fully saturated rings. The number of carbonyl (C=O) groups is 2. The first-order valence-electron chi connectivity index (χ1n) is 12.0. The van der Waals surface area contributed by atoms with Crippen molar-refractivity contribution in [2.24, 2.45) is 5.10 Å². The molecule has 0 bridgehead atoms. The second kappa shape index (κ2) is 12.5. The number of hydrazone groups is 1. The van der Waals surface area contributed by atoms with Crippen molar-refractivity contribution in [3.05, 3.63) is 114 Å². The lowest BCUT2D eigenvalue weighted by atomic mass is 10.0. The van der Waals surface area contributed by atoms with Crippen LogP contribution in [0.2, 0.25) is 15.1 Å². The van der Waals surface area contributed by atoms with Crippen LogP contribution >= 0.6 is 57.4 Å². The van der Waals surface area contributed by atoms with Crippen LogP contribution < -0.4 is 14.9 Å². The monoisotopic (exact) mass is 717 g/mol. The molecule has 0 saturated carbocycles. The van der Waals surface area contributed by atoms with Crippen molar-refractivity contribution < 1.29 is 19.1 Å². The number of methoxy groups -OCH3 is 1. The Morgan fingerprint density at radius 3 is 2.49 bits per heavy atom. The molecule has 0 radical (unpaired) electrons. The van der Waals surface area contributed by atoms with Crippen LogP contribution in [0.4, 0.5) is 0 Å². The summed E-state index contributed by atoms with van der Waals surface area (Å²) in [5.41, 5.74) is 5.86. The highest BCUT2D eigenvalue weighted by atomic mass is 127. The van der Waals surface area contributed by atoms with E-state index >= 15 is 0 Å². The molecule has 0 spiro atoms. The molecule has 0 unspecified atom stereocenters. The third-order valence-corrected chi connectivity index (χ3v) is 7.60. The number of ether oxygens (including phenoxy) is 2. The first kappa shape index (κ1) is 28.9. The molecule has 0 atom stereocenters. The van der Waals surface area contributed by atoms with Crippen LogP contribution in [-0.4, -0.2) is 30.2 Å². The van der Waals surface area contributed by atoms with E-state index in [1.165, 1.54) is 25.5 Å². The summed E-state index contributed by atoms with van der Waals surface area (Å²) in [5.74, 6) is -0.646. The molecule has 1 amide bonds. The number of amides is 1. The summed E-state index contributed by atoms with van der Waals surface area (Å²) >= 11 is 20.8. The Hall–Kier alpha value is -3.57. The molecule has 7 nitrogen and oxygen atoms in total. The molecule has 5 aromatic rings. The van der Waals surface area contributed by atoms with E-state index in [1.54, 1.807) is 30.3 Å². The van der Waals surface area contributed by atoms with E-state index in [2.05, 4.69) is 38.1 Å². The van der Waals surface area contributed by atoms with Crippen molar-refractivity contribution in [3.8, 4) is 22.6 Å². The van der Waals surface area contributed by atoms with E-state index in [1.807, 2.05) is 36.4 Å². The molecular formula is C30H19Cl3IN3O4. The summed E-state index contributed by atoms with van der Waals surface area (Å²) in [5, 5.41) is 6.09. The zero-order chi connectivity index (χ0) is 29.1. The van der Waals surface area contributed by atoms with Crippen LogP contribution in [-0.2, 0) is 0 Å². The lowest BCUT2D eigenvalue weighted by Gasteiger charge is -2.10. The Morgan fingerprint density at radius 2 is 1.73 bits per heavy atom. The standard InChI is InChI=1S/C30H19Cl3IN3O4/c1-40-26-12-16(6-11-25(26)41-30(39)20-9-7-17(31)13-23(20)33)15-35-37-29(38)28-27(19-4-2-3-5-22(19)32)21-14-18(34)8-10-24(21)36-28/h2-15,36H,1H3,(H,37,38).